The molecule has 0 radical (unpaired) electrons. The predicted octanol–water partition coefficient (Wildman–Crippen LogP) is 0.0463. The second-order valence-corrected chi connectivity index (χ2v) is 22.6. The van der Waals surface area contributed by atoms with E-state index < -0.39 is 113 Å². The topological polar surface area (TPSA) is 422 Å². The number of rotatable bonds is 20. The smallest absolute Gasteiger partial charge is 0.269 e. The molecule has 0 saturated carbocycles. The normalized spacial score (nSPS) is 20.5. The Morgan fingerprint density at radius 2 is 1.25 bits per heavy atom. The molecule has 448 valence electrons. The highest BCUT2D eigenvalue weighted by atomic mass is 33.1. The second-order valence-electron chi connectivity index (χ2n) is 20.0. The van der Waals surface area contributed by atoms with Gasteiger partial charge in [0, 0.05) is 73.3 Å². The highest BCUT2D eigenvalue weighted by Gasteiger charge is 2.37. The number of aromatic amines is 1. The zero-order valence-electron chi connectivity index (χ0n) is 45.8. The van der Waals surface area contributed by atoms with E-state index >= 15 is 0 Å². The van der Waals surface area contributed by atoms with Crippen molar-refractivity contribution in [2.24, 2.45) is 11.5 Å². The van der Waals surface area contributed by atoms with Gasteiger partial charge in [0.25, 0.3) is 5.69 Å². The van der Waals surface area contributed by atoms with Crippen molar-refractivity contribution in [3.8, 4) is 11.5 Å². The van der Waals surface area contributed by atoms with Crippen LogP contribution < -0.4 is 54.0 Å². The molecule has 1 aromatic heterocycles. The van der Waals surface area contributed by atoms with Crippen LogP contribution in [0.2, 0.25) is 0 Å². The van der Waals surface area contributed by atoms with E-state index in [0.717, 1.165) is 28.5 Å². The molecule has 1 aliphatic rings. The number of nitrogens with two attached hydrogens (primary N) is 2. The van der Waals surface area contributed by atoms with Crippen LogP contribution in [0.3, 0.4) is 0 Å². The van der Waals surface area contributed by atoms with Crippen LogP contribution in [0.5, 0.6) is 11.5 Å². The average Bonchev–Trinajstić information content (AvgIpc) is 3.90. The molecule has 0 spiro atoms. The number of carbonyl (C=O) groups excluding carboxylic acids is 9. The molecule has 0 aliphatic carbocycles. The van der Waals surface area contributed by atoms with Crippen molar-refractivity contribution >= 4 is 91.3 Å². The van der Waals surface area contributed by atoms with Crippen molar-refractivity contribution in [3.05, 3.63) is 136 Å². The monoisotopic (exact) mass is 1200 g/mol. The maximum Gasteiger partial charge on any atom is 0.269 e. The maximum atomic E-state index is 14.9. The van der Waals surface area contributed by atoms with Crippen molar-refractivity contribution < 1.29 is 63.4 Å². The number of aromatic nitrogens is 1. The number of fused-ring (bicyclic) bond motifs is 1. The van der Waals surface area contributed by atoms with Crippen LogP contribution in [0, 0.1) is 10.1 Å². The molecule has 84 heavy (non-hydrogen) atoms. The molecule has 26 nitrogen and oxygen atoms in total. The number of aliphatic hydroxyl groups excluding tert-OH is 1. The average molecular weight is 1200 g/mol. The standard InChI is InChI=1S/C56H68N12O14S2/c1-30(69)48-56(80)66-47(54(78)62-42(49(58)73)23-33-12-18-37(71)19-13-33)29-84-83-28-46(65-51(75)43(60-31(2)70)24-32-10-16-36(17-11-32)68(81)82)55(79)63-44(25-34-14-20-38(72)21-15-34)52(76)64-45(26-35-27-59-40-8-4-3-7-39(35)40)53(77)61-41(50(74)67-48)9-5-6-22-57/h3-4,7-8,10-21,27,30,41-48,59,69,71-72H,5-6,9,22-26,28-29,57H2,1-2H3,(H2,58,73)(H,60,70)(H,61,77)(H,62,78)(H,63,79)(H,64,76)(H,65,75)(H,66,80)(H,67,74)/t30-,41?,42-,43+,44+,45-,46?,47+,48+/m1/s1. The van der Waals surface area contributed by atoms with Crippen molar-refractivity contribution in [2.45, 2.75) is 113 Å². The van der Waals surface area contributed by atoms with Crippen molar-refractivity contribution in [1.29, 1.82) is 0 Å². The van der Waals surface area contributed by atoms with E-state index in [2.05, 4.69) is 47.5 Å². The van der Waals surface area contributed by atoms with Crippen LogP contribution in [-0.2, 0) is 68.8 Å². The number of hydrogen-bond acceptors (Lipinski definition) is 17. The molecular formula is C56H68N12O14S2. The number of para-hydroxylation sites is 1. The number of nitrogens with one attached hydrogen (secondary N) is 9. The Labute approximate surface area is 490 Å². The van der Waals surface area contributed by atoms with Gasteiger partial charge in [-0.25, -0.2) is 0 Å². The summed E-state index contributed by atoms with van der Waals surface area (Å²) in [6, 6.07) is 11.7. The minimum atomic E-state index is -1.78. The van der Waals surface area contributed by atoms with Gasteiger partial charge in [0.2, 0.25) is 53.2 Å². The minimum absolute atomic E-state index is 0.0472. The lowest BCUT2D eigenvalue weighted by Gasteiger charge is -2.29. The third-order valence-electron chi connectivity index (χ3n) is 13.5. The molecule has 0 bridgehead atoms. The largest absolute Gasteiger partial charge is 0.508 e. The van der Waals surface area contributed by atoms with Crippen LogP contribution in [0.4, 0.5) is 5.69 Å². The third-order valence-corrected chi connectivity index (χ3v) is 15.9. The molecule has 4 aromatic carbocycles. The summed E-state index contributed by atoms with van der Waals surface area (Å²) < 4.78 is 0. The van der Waals surface area contributed by atoms with E-state index in [0.29, 0.717) is 39.6 Å². The fourth-order valence-electron chi connectivity index (χ4n) is 8.98. The van der Waals surface area contributed by atoms with E-state index in [1.165, 1.54) is 79.7 Å². The van der Waals surface area contributed by atoms with Crippen molar-refractivity contribution in [1.82, 2.24) is 47.5 Å². The molecule has 2 unspecified atom stereocenters. The summed E-state index contributed by atoms with van der Waals surface area (Å²) in [4.78, 5) is 141. The predicted molar refractivity (Wildman–Crippen MR) is 312 cm³/mol. The molecule has 1 saturated heterocycles. The van der Waals surface area contributed by atoms with Crippen LogP contribution in [-0.4, -0.2) is 151 Å². The summed E-state index contributed by atoms with van der Waals surface area (Å²) in [6.45, 7) is 2.56. The van der Waals surface area contributed by atoms with Crippen LogP contribution >= 0.6 is 21.6 Å². The number of carbonyl (C=O) groups is 9. The number of H-pyrrole nitrogens is 1. The number of aromatic hydroxyl groups is 2. The molecular weight excluding hydrogens is 1130 g/mol. The lowest BCUT2D eigenvalue weighted by atomic mass is 10.0. The van der Waals surface area contributed by atoms with Gasteiger partial charge in [-0.3, -0.25) is 53.3 Å². The Morgan fingerprint density at radius 1 is 0.690 bits per heavy atom. The number of nitro benzene ring substituents is 1. The molecule has 9 amide bonds. The maximum absolute atomic E-state index is 14.9. The Kier molecular flexibility index (Phi) is 23.8. The first-order valence-corrected chi connectivity index (χ1v) is 29.2. The number of phenols is 2. The summed E-state index contributed by atoms with van der Waals surface area (Å²) in [5.74, 6) is -9.11. The number of unbranched alkanes of at least 4 members (excludes halogenated alkanes) is 1. The Balaban J connectivity index is 1.42. The first kappa shape index (κ1) is 64.4. The molecule has 2 heterocycles. The second kappa shape index (κ2) is 31.1. The van der Waals surface area contributed by atoms with E-state index in [4.69, 9.17) is 11.5 Å². The number of benzene rings is 4. The Bertz CT molecular complexity index is 3150. The molecule has 9 atom stereocenters. The van der Waals surface area contributed by atoms with E-state index in [1.54, 1.807) is 30.5 Å². The first-order chi connectivity index (χ1) is 40.1. The highest BCUT2D eigenvalue weighted by molar-refractivity contribution is 8.76. The van der Waals surface area contributed by atoms with Gasteiger partial charge >= 0.3 is 0 Å². The molecule has 1 fully saturated rings. The molecule has 5 aromatic rings. The number of phenolic OH excluding ortho intramolecular Hbond substituents is 2. The number of aliphatic hydroxyl groups is 1. The van der Waals surface area contributed by atoms with Crippen molar-refractivity contribution in [3.63, 3.8) is 0 Å². The van der Waals surface area contributed by atoms with Crippen molar-refractivity contribution in [2.75, 3.05) is 18.1 Å². The Morgan fingerprint density at radius 3 is 1.86 bits per heavy atom. The zero-order valence-corrected chi connectivity index (χ0v) is 47.5. The highest BCUT2D eigenvalue weighted by Crippen LogP contribution is 2.25. The quantitative estimate of drug-likeness (QED) is 0.0212. The van der Waals surface area contributed by atoms with Gasteiger partial charge < -0.3 is 74.3 Å². The van der Waals surface area contributed by atoms with Gasteiger partial charge in [-0.15, -0.1) is 0 Å². The van der Waals surface area contributed by atoms with Gasteiger partial charge in [-0.05, 0) is 85.3 Å². The number of nitrogens with zero attached hydrogens (tertiary/aromatic N) is 1. The number of hydrogen-bond donors (Lipinski definition) is 14. The van der Waals surface area contributed by atoms with E-state index in [9.17, 15) is 68.6 Å². The van der Waals surface area contributed by atoms with Crippen LogP contribution in [0.25, 0.3) is 10.9 Å². The van der Waals surface area contributed by atoms with Gasteiger partial charge in [0.05, 0.1) is 11.0 Å². The number of non-ortho nitro benzene ring substituents is 1. The molecule has 28 heteroatoms. The number of amides is 9. The molecule has 6 rings (SSSR count). The first-order valence-electron chi connectivity index (χ1n) is 26.7. The lowest BCUT2D eigenvalue weighted by Crippen LogP contribution is -2.62. The molecule has 1 aliphatic heterocycles. The number of primary amides is 1. The lowest BCUT2D eigenvalue weighted by molar-refractivity contribution is -0.384. The fraction of sp³-hybridized carbons (Fsp3) is 0.375. The Hall–Kier alpha value is -8.73. The van der Waals surface area contributed by atoms with Gasteiger partial charge in [-0.2, -0.15) is 0 Å². The van der Waals surface area contributed by atoms with Gasteiger partial charge in [0.1, 0.15) is 59.8 Å². The number of nitro groups is 1. The summed E-state index contributed by atoms with van der Waals surface area (Å²) in [6.07, 6.45) is -0.147. The van der Waals surface area contributed by atoms with Gasteiger partial charge in [-0.1, -0.05) is 76.2 Å². The van der Waals surface area contributed by atoms with E-state index in [1.807, 2.05) is 0 Å². The summed E-state index contributed by atoms with van der Waals surface area (Å²) in [7, 11) is 1.80. The van der Waals surface area contributed by atoms with E-state index in [-0.39, 0.29) is 73.8 Å². The zero-order chi connectivity index (χ0) is 61.0. The minimum Gasteiger partial charge on any atom is -0.508 e. The SMILES string of the molecule is CC(=O)N[C@@H](Cc1ccc([N+](=O)[O-])cc1)C(=O)NC1CSSC[C@@H](C(=O)N[C@H](Cc2ccc(O)cc2)C(N)=O)NC(=O)[C@H]([C@@H](C)O)NC(=O)C(CCCCN)NC(=O)[C@@H](Cc2c[nH]c3ccccc23)NC(=O)[C@H](Cc2ccc(O)cc2)NC1=O. The summed E-state index contributed by atoms with van der Waals surface area (Å²) >= 11 is 0. The summed E-state index contributed by atoms with van der Waals surface area (Å²) in [5, 5.41) is 64.1. The van der Waals surface area contributed by atoms with Crippen LogP contribution in [0.1, 0.15) is 55.4 Å². The fourth-order valence-corrected chi connectivity index (χ4v) is 11.3. The molecule has 16 N–H and O–H groups in total. The van der Waals surface area contributed by atoms with Gasteiger partial charge in [0.15, 0.2) is 0 Å². The summed E-state index contributed by atoms with van der Waals surface area (Å²) in [5.41, 5.74) is 13.9. The van der Waals surface area contributed by atoms with Crippen LogP contribution in [0.15, 0.2) is 103 Å². The third kappa shape index (κ3) is 19.2.